The molecule has 9 heteroatoms. The van der Waals surface area contributed by atoms with Crippen LogP contribution >= 0.6 is 0 Å². The molecule has 0 spiro atoms. The van der Waals surface area contributed by atoms with E-state index in [9.17, 15) is 18.8 Å². The second-order valence-corrected chi connectivity index (χ2v) is 10.5. The van der Waals surface area contributed by atoms with Crippen molar-refractivity contribution in [1.82, 2.24) is 10.6 Å². The fraction of sp³-hybridized carbons (Fsp3) is 0.387. The number of hydrogen-bond donors (Lipinski definition) is 4. The van der Waals surface area contributed by atoms with E-state index in [1.165, 1.54) is 31.5 Å². The van der Waals surface area contributed by atoms with Crippen LogP contribution in [-0.4, -0.2) is 36.3 Å². The van der Waals surface area contributed by atoms with Gasteiger partial charge in [0, 0.05) is 36.4 Å². The van der Waals surface area contributed by atoms with Crippen LogP contribution in [-0.2, 0) is 9.59 Å². The summed E-state index contributed by atoms with van der Waals surface area (Å²) < 4.78 is 19.3. The van der Waals surface area contributed by atoms with Crippen molar-refractivity contribution in [2.75, 3.05) is 17.2 Å². The Balaban J connectivity index is 1.38. The van der Waals surface area contributed by atoms with Crippen LogP contribution < -0.4 is 21.3 Å². The Hall–Kier alpha value is -4.14. The minimum atomic E-state index is -0.719. The number of furan rings is 1. The van der Waals surface area contributed by atoms with Crippen LogP contribution in [0.3, 0.4) is 0 Å². The SMILES string of the molecule is CC(=O)Nc1cccc(NC[C@H](C)NC(=O)[C@H](CC2CCCCC2)NC(=O)c2ccc(-c3cccc(F)c3)o2)c1. The predicted molar refractivity (Wildman–Crippen MR) is 153 cm³/mol. The maximum Gasteiger partial charge on any atom is 0.287 e. The average Bonchev–Trinajstić information content (AvgIpc) is 3.43. The van der Waals surface area contributed by atoms with Gasteiger partial charge < -0.3 is 25.7 Å². The lowest BCUT2D eigenvalue weighted by Crippen LogP contribution is -2.51. The Morgan fingerprint density at radius 2 is 1.70 bits per heavy atom. The van der Waals surface area contributed by atoms with Crippen LogP contribution in [0.1, 0.15) is 62.9 Å². The highest BCUT2D eigenvalue weighted by molar-refractivity contribution is 5.96. The van der Waals surface area contributed by atoms with E-state index in [2.05, 4.69) is 21.3 Å². The van der Waals surface area contributed by atoms with Crippen LogP contribution in [0, 0.1) is 11.7 Å². The lowest BCUT2D eigenvalue weighted by molar-refractivity contribution is -0.124. The normalized spacial score (nSPS) is 15.1. The van der Waals surface area contributed by atoms with Crippen molar-refractivity contribution < 1.29 is 23.2 Å². The molecule has 3 aromatic rings. The third-order valence-corrected chi connectivity index (χ3v) is 7.04. The number of benzene rings is 2. The monoisotopic (exact) mass is 548 g/mol. The molecule has 1 heterocycles. The Labute approximate surface area is 234 Å². The fourth-order valence-electron chi connectivity index (χ4n) is 5.05. The lowest BCUT2D eigenvalue weighted by Gasteiger charge is -2.27. The smallest absolute Gasteiger partial charge is 0.287 e. The number of nitrogens with one attached hydrogen (secondary N) is 4. The molecule has 1 fully saturated rings. The van der Waals surface area contributed by atoms with Gasteiger partial charge in [0.05, 0.1) is 0 Å². The Morgan fingerprint density at radius 1 is 0.950 bits per heavy atom. The summed E-state index contributed by atoms with van der Waals surface area (Å²) >= 11 is 0. The molecule has 40 heavy (non-hydrogen) atoms. The van der Waals surface area contributed by atoms with Gasteiger partial charge in [0.25, 0.3) is 5.91 Å². The quantitative estimate of drug-likeness (QED) is 0.245. The largest absolute Gasteiger partial charge is 0.451 e. The van der Waals surface area contributed by atoms with Crippen molar-refractivity contribution in [2.24, 2.45) is 5.92 Å². The van der Waals surface area contributed by atoms with Gasteiger partial charge in [0.15, 0.2) is 5.76 Å². The number of carbonyl (C=O) groups is 3. The molecule has 4 N–H and O–H groups in total. The van der Waals surface area contributed by atoms with Crippen molar-refractivity contribution in [3.63, 3.8) is 0 Å². The molecule has 212 valence electrons. The predicted octanol–water partition coefficient (Wildman–Crippen LogP) is 5.73. The summed E-state index contributed by atoms with van der Waals surface area (Å²) in [5.74, 6) is -0.489. The first-order chi connectivity index (χ1) is 19.3. The second-order valence-electron chi connectivity index (χ2n) is 10.5. The summed E-state index contributed by atoms with van der Waals surface area (Å²) in [6.07, 6.45) is 6.06. The van der Waals surface area contributed by atoms with E-state index in [4.69, 9.17) is 4.42 Å². The first-order valence-electron chi connectivity index (χ1n) is 13.9. The molecule has 0 saturated heterocycles. The highest BCUT2D eigenvalue weighted by Gasteiger charge is 2.28. The van der Waals surface area contributed by atoms with Crippen LogP contribution in [0.4, 0.5) is 15.8 Å². The van der Waals surface area contributed by atoms with Gasteiger partial charge in [-0.1, -0.05) is 50.3 Å². The fourth-order valence-corrected chi connectivity index (χ4v) is 5.05. The minimum Gasteiger partial charge on any atom is -0.451 e. The maximum absolute atomic E-state index is 13.6. The third-order valence-electron chi connectivity index (χ3n) is 7.04. The highest BCUT2D eigenvalue weighted by Crippen LogP contribution is 2.28. The maximum atomic E-state index is 13.6. The van der Waals surface area contributed by atoms with Gasteiger partial charge in [-0.3, -0.25) is 14.4 Å². The van der Waals surface area contributed by atoms with Crippen molar-refractivity contribution in [3.8, 4) is 11.3 Å². The van der Waals surface area contributed by atoms with Crippen LogP contribution in [0.2, 0.25) is 0 Å². The van der Waals surface area contributed by atoms with Crippen molar-refractivity contribution in [1.29, 1.82) is 0 Å². The third kappa shape index (κ3) is 8.43. The van der Waals surface area contributed by atoms with E-state index in [1.807, 2.05) is 25.1 Å². The van der Waals surface area contributed by atoms with Gasteiger partial charge in [-0.2, -0.15) is 0 Å². The van der Waals surface area contributed by atoms with Gasteiger partial charge in [-0.05, 0) is 61.7 Å². The van der Waals surface area contributed by atoms with Gasteiger partial charge in [-0.25, -0.2) is 4.39 Å². The number of hydrogen-bond acceptors (Lipinski definition) is 5. The summed E-state index contributed by atoms with van der Waals surface area (Å²) in [7, 11) is 0. The molecular weight excluding hydrogens is 511 g/mol. The molecule has 2 aromatic carbocycles. The van der Waals surface area contributed by atoms with Gasteiger partial charge in [0.1, 0.15) is 17.6 Å². The van der Waals surface area contributed by atoms with E-state index in [0.29, 0.717) is 35.9 Å². The van der Waals surface area contributed by atoms with Crippen LogP contribution in [0.25, 0.3) is 11.3 Å². The van der Waals surface area contributed by atoms with E-state index < -0.39 is 17.8 Å². The van der Waals surface area contributed by atoms with Crippen molar-refractivity contribution in [3.05, 3.63) is 72.2 Å². The molecule has 8 nitrogen and oxygen atoms in total. The number of halogens is 1. The van der Waals surface area contributed by atoms with Crippen LogP contribution in [0.5, 0.6) is 0 Å². The molecule has 3 amide bonds. The Kier molecular flexibility index (Phi) is 9.94. The van der Waals surface area contributed by atoms with Gasteiger partial charge in [0.2, 0.25) is 11.8 Å². The van der Waals surface area contributed by atoms with Gasteiger partial charge >= 0.3 is 0 Å². The number of amides is 3. The highest BCUT2D eigenvalue weighted by atomic mass is 19.1. The Morgan fingerprint density at radius 3 is 2.45 bits per heavy atom. The zero-order valence-corrected chi connectivity index (χ0v) is 23.0. The van der Waals surface area contributed by atoms with Crippen LogP contribution in [0.15, 0.2) is 65.1 Å². The first-order valence-corrected chi connectivity index (χ1v) is 13.9. The van der Waals surface area contributed by atoms with E-state index in [1.54, 1.807) is 24.3 Å². The zero-order valence-electron chi connectivity index (χ0n) is 23.0. The van der Waals surface area contributed by atoms with Gasteiger partial charge in [-0.15, -0.1) is 0 Å². The molecule has 4 rings (SSSR count). The molecule has 0 unspecified atom stereocenters. The van der Waals surface area contributed by atoms with Crippen molar-refractivity contribution in [2.45, 2.75) is 64.5 Å². The molecular formula is C31H37FN4O4. The number of anilines is 2. The van der Waals surface area contributed by atoms with E-state index >= 15 is 0 Å². The second kappa shape index (κ2) is 13.8. The molecule has 1 aromatic heterocycles. The summed E-state index contributed by atoms with van der Waals surface area (Å²) in [4.78, 5) is 37.8. The standard InChI is InChI=1S/C31H37FN4O4/c1-20(19-33-25-12-7-13-26(18-25)35-21(2)37)34-30(38)27(16-22-8-4-3-5-9-22)36-31(39)29-15-14-28(40-29)23-10-6-11-24(32)17-23/h6-7,10-15,17-18,20,22,27,33H,3-5,8-9,16,19H2,1-2H3,(H,34,38)(H,35,37)(H,36,39)/t20-,27-/m0/s1. The Bertz CT molecular complexity index is 1320. The molecule has 1 aliphatic carbocycles. The summed E-state index contributed by atoms with van der Waals surface area (Å²) in [6, 6.07) is 15.5. The molecule has 2 atom stereocenters. The lowest BCUT2D eigenvalue weighted by atomic mass is 9.84. The molecule has 1 saturated carbocycles. The topological polar surface area (TPSA) is 112 Å². The summed E-state index contributed by atoms with van der Waals surface area (Å²) in [6.45, 7) is 3.80. The molecule has 0 aliphatic heterocycles. The number of carbonyl (C=O) groups excluding carboxylic acids is 3. The van der Waals surface area contributed by atoms with E-state index in [0.717, 1.165) is 31.4 Å². The minimum absolute atomic E-state index is 0.0643. The zero-order chi connectivity index (χ0) is 28.5. The molecule has 1 aliphatic rings. The summed E-state index contributed by atoms with van der Waals surface area (Å²) in [5.41, 5.74) is 2.02. The molecule has 0 radical (unpaired) electrons. The van der Waals surface area contributed by atoms with E-state index in [-0.39, 0.29) is 23.6 Å². The molecule has 0 bridgehead atoms. The van der Waals surface area contributed by atoms with Crippen molar-refractivity contribution >= 4 is 29.1 Å². The summed E-state index contributed by atoms with van der Waals surface area (Å²) in [5, 5.41) is 11.9. The average molecular weight is 549 g/mol. The first kappa shape index (κ1) is 28.9. The number of rotatable bonds is 11.